The fraction of sp³-hybridized carbons (Fsp3) is 0.467. The maximum absolute atomic E-state index is 13.2. The first kappa shape index (κ1) is 14.0. The first-order chi connectivity index (χ1) is 9.95. The first-order valence-corrected chi connectivity index (χ1v) is 7.01. The summed E-state index contributed by atoms with van der Waals surface area (Å²) >= 11 is 0. The average Bonchev–Trinajstić information content (AvgIpc) is 3.22. The molecule has 2 atom stereocenters. The van der Waals surface area contributed by atoms with Crippen molar-refractivity contribution in [1.82, 2.24) is 10.2 Å². The van der Waals surface area contributed by atoms with E-state index >= 15 is 0 Å². The summed E-state index contributed by atoms with van der Waals surface area (Å²) in [6.45, 7) is 1.65. The smallest absolute Gasteiger partial charge is 0.246 e. The molecule has 1 aromatic carbocycles. The topological polar surface area (TPSA) is 49.4 Å². The second-order valence-corrected chi connectivity index (χ2v) is 5.74. The highest BCUT2D eigenvalue weighted by molar-refractivity contribution is 5.97. The summed E-state index contributed by atoms with van der Waals surface area (Å²) in [5, 5.41) is 2.74. The van der Waals surface area contributed by atoms with Crippen LogP contribution in [0.1, 0.15) is 25.3 Å². The normalized spacial score (nSPS) is 26.0. The van der Waals surface area contributed by atoms with Crippen LogP contribution in [0.4, 0.5) is 8.78 Å². The number of amides is 2. The Morgan fingerprint density at radius 2 is 1.81 bits per heavy atom. The van der Waals surface area contributed by atoms with Crippen LogP contribution in [-0.4, -0.2) is 28.8 Å². The molecule has 2 unspecified atom stereocenters. The maximum atomic E-state index is 13.2. The first-order valence-electron chi connectivity index (χ1n) is 7.01. The van der Waals surface area contributed by atoms with Crippen LogP contribution in [0.25, 0.3) is 0 Å². The highest BCUT2D eigenvalue weighted by Crippen LogP contribution is 2.35. The summed E-state index contributed by atoms with van der Waals surface area (Å²) in [4.78, 5) is 25.8. The summed E-state index contributed by atoms with van der Waals surface area (Å²) in [5.41, 5.74) is 0.344. The quantitative estimate of drug-likeness (QED) is 0.920. The van der Waals surface area contributed by atoms with Gasteiger partial charge in [0.15, 0.2) is 0 Å². The number of hydrogen-bond donors (Lipinski definition) is 1. The molecule has 2 aliphatic rings. The zero-order chi connectivity index (χ0) is 15.1. The van der Waals surface area contributed by atoms with Gasteiger partial charge in [0.05, 0.1) is 0 Å². The minimum Gasteiger partial charge on any atom is -0.342 e. The van der Waals surface area contributed by atoms with E-state index in [1.54, 1.807) is 6.92 Å². The number of benzene rings is 1. The molecule has 2 fully saturated rings. The molecule has 1 aliphatic heterocycles. The van der Waals surface area contributed by atoms with Gasteiger partial charge < -0.3 is 10.2 Å². The lowest BCUT2D eigenvalue weighted by atomic mass is 10.0. The Kier molecular flexibility index (Phi) is 3.39. The summed E-state index contributed by atoms with van der Waals surface area (Å²) in [5.74, 6) is -1.58. The van der Waals surface area contributed by atoms with Gasteiger partial charge in [-0.3, -0.25) is 9.59 Å². The van der Waals surface area contributed by atoms with Gasteiger partial charge in [0, 0.05) is 12.6 Å². The van der Waals surface area contributed by atoms with Gasteiger partial charge in [-0.25, -0.2) is 8.78 Å². The monoisotopic (exact) mass is 294 g/mol. The second kappa shape index (κ2) is 5.09. The van der Waals surface area contributed by atoms with Crippen molar-refractivity contribution in [2.24, 2.45) is 5.92 Å². The second-order valence-electron chi connectivity index (χ2n) is 5.74. The number of rotatable bonds is 3. The highest BCUT2D eigenvalue weighted by atomic mass is 19.1. The predicted molar refractivity (Wildman–Crippen MR) is 71.0 cm³/mol. The van der Waals surface area contributed by atoms with Gasteiger partial charge in [-0.2, -0.15) is 0 Å². The predicted octanol–water partition coefficient (Wildman–Crippen LogP) is 1.59. The molecule has 0 bridgehead atoms. The fourth-order valence-electron chi connectivity index (χ4n) is 2.71. The molecule has 112 valence electrons. The number of halogens is 2. The molecule has 1 aliphatic carbocycles. The number of nitrogens with zero attached hydrogens (tertiary/aromatic N) is 1. The Balaban J connectivity index is 1.83. The van der Waals surface area contributed by atoms with E-state index in [9.17, 15) is 18.4 Å². The number of hydrogen-bond acceptors (Lipinski definition) is 2. The van der Waals surface area contributed by atoms with E-state index in [1.165, 1.54) is 17.0 Å². The third-order valence-electron chi connectivity index (χ3n) is 4.06. The van der Waals surface area contributed by atoms with E-state index in [4.69, 9.17) is 0 Å². The Morgan fingerprint density at radius 1 is 1.19 bits per heavy atom. The van der Waals surface area contributed by atoms with Gasteiger partial charge in [-0.15, -0.1) is 0 Å². The molecular weight excluding hydrogens is 278 g/mol. The van der Waals surface area contributed by atoms with E-state index in [0.29, 0.717) is 5.56 Å². The zero-order valence-electron chi connectivity index (χ0n) is 11.6. The molecule has 3 rings (SSSR count). The number of nitrogens with one attached hydrogen (secondary N) is 1. The Morgan fingerprint density at radius 3 is 2.38 bits per heavy atom. The van der Waals surface area contributed by atoms with E-state index in [1.807, 2.05) is 0 Å². The third-order valence-corrected chi connectivity index (χ3v) is 4.06. The number of piperazine rings is 1. The van der Waals surface area contributed by atoms with Crippen LogP contribution in [0.5, 0.6) is 0 Å². The molecule has 0 aromatic heterocycles. The molecule has 1 saturated heterocycles. The molecule has 1 aromatic rings. The van der Waals surface area contributed by atoms with Gasteiger partial charge in [0.2, 0.25) is 11.8 Å². The molecule has 1 saturated carbocycles. The van der Waals surface area contributed by atoms with E-state index in [-0.39, 0.29) is 24.3 Å². The van der Waals surface area contributed by atoms with Crippen LogP contribution in [0.15, 0.2) is 18.2 Å². The van der Waals surface area contributed by atoms with Crippen molar-refractivity contribution < 1.29 is 18.4 Å². The van der Waals surface area contributed by atoms with Crippen LogP contribution < -0.4 is 5.32 Å². The van der Waals surface area contributed by atoms with Crippen LogP contribution >= 0.6 is 0 Å². The Bertz CT molecular complexity index is 581. The molecule has 4 nitrogen and oxygen atoms in total. The molecule has 0 spiro atoms. The standard InChI is InChI=1S/C15H16F2N2O2/c1-8-14(20)18-13(10-2-3-10)15(21)19(8)7-9-4-11(16)6-12(17)5-9/h4-6,8,10,13H,2-3,7H2,1H3,(H,18,20). The van der Waals surface area contributed by atoms with Gasteiger partial charge in [-0.1, -0.05) is 0 Å². The van der Waals surface area contributed by atoms with Gasteiger partial charge >= 0.3 is 0 Å². The molecule has 2 amide bonds. The lowest BCUT2D eigenvalue weighted by Crippen LogP contribution is -2.62. The van der Waals surface area contributed by atoms with E-state index < -0.39 is 23.7 Å². The minimum atomic E-state index is -0.690. The Hall–Kier alpha value is -1.98. The Labute approximate surface area is 121 Å². The summed E-state index contributed by atoms with van der Waals surface area (Å²) < 4.78 is 26.5. The highest BCUT2D eigenvalue weighted by Gasteiger charge is 2.45. The summed E-state index contributed by atoms with van der Waals surface area (Å²) in [6, 6.07) is 2.01. The van der Waals surface area contributed by atoms with Crippen LogP contribution in [-0.2, 0) is 16.1 Å². The molecule has 0 radical (unpaired) electrons. The van der Waals surface area contributed by atoms with Crippen molar-refractivity contribution >= 4 is 11.8 Å². The number of carbonyl (C=O) groups is 2. The van der Waals surface area contributed by atoms with Crippen LogP contribution in [0.3, 0.4) is 0 Å². The zero-order valence-corrected chi connectivity index (χ0v) is 11.6. The number of carbonyl (C=O) groups excluding carboxylic acids is 2. The molecular formula is C15H16F2N2O2. The van der Waals surface area contributed by atoms with E-state index in [0.717, 1.165) is 18.9 Å². The van der Waals surface area contributed by atoms with Crippen molar-refractivity contribution in [1.29, 1.82) is 0 Å². The third kappa shape index (κ3) is 2.75. The van der Waals surface area contributed by atoms with Gasteiger partial charge in [0.1, 0.15) is 23.7 Å². The summed E-state index contributed by atoms with van der Waals surface area (Å²) in [7, 11) is 0. The molecule has 1 N–H and O–H groups in total. The van der Waals surface area contributed by atoms with Crippen molar-refractivity contribution in [3.63, 3.8) is 0 Å². The fourth-order valence-corrected chi connectivity index (χ4v) is 2.71. The average molecular weight is 294 g/mol. The van der Waals surface area contributed by atoms with Gasteiger partial charge in [0.25, 0.3) is 0 Å². The van der Waals surface area contributed by atoms with Crippen LogP contribution in [0, 0.1) is 17.6 Å². The minimum absolute atomic E-state index is 0.0331. The maximum Gasteiger partial charge on any atom is 0.246 e. The lowest BCUT2D eigenvalue weighted by molar-refractivity contribution is -0.149. The SMILES string of the molecule is CC1C(=O)NC(C2CC2)C(=O)N1Cc1cc(F)cc(F)c1. The molecule has 21 heavy (non-hydrogen) atoms. The summed E-state index contributed by atoms with van der Waals surface area (Å²) in [6.07, 6.45) is 1.85. The lowest BCUT2D eigenvalue weighted by Gasteiger charge is -2.37. The van der Waals surface area contributed by atoms with Crippen molar-refractivity contribution in [2.75, 3.05) is 0 Å². The molecule has 1 heterocycles. The van der Waals surface area contributed by atoms with Crippen LogP contribution in [0.2, 0.25) is 0 Å². The largest absolute Gasteiger partial charge is 0.342 e. The van der Waals surface area contributed by atoms with Crippen molar-refractivity contribution in [3.8, 4) is 0 Å². The van der Waals surface area contributed by atoms with Gasteiger partial charge in [-0.05, 0) is 43.4 Å². The van der Waals surface area contributed by atoms with Crippen molar-refractivity contribution in [2.45, 2.75) is 38.4 Å². The molecule has 6 heteroatoms. The van der Waals surface area contributed by atoms with E-state index in [2.05, 4.69) is 5.32 Å². The van der Waals surface area contributed by atoms with Crippen molar-refractivity contribution in [3.05, 3.63) is 35.4 Å².